The molecule has 1 aliphatic heterocycles. The number of non-ortho nitro benzene ring substituents is 1. The number of aliphatic carboxylic acids is 1. The predicted octanol–water partition coefficient (Wildman–Crippen LogP) is 2.99. The molecule has 1 N–H and O–H groups in total. The van der Waals surface area contributed by atoms with Gasteiger partial charge in [-0.3, -0.25) is 19.8 Å². The highest BCUT2D eigenvalue weighted by atomic mass is 16.6. The molecule has 2 unspecified atom stereocenters. The zero-order valence-corrected chi connectivity index (χ0v) is 12.3. The Morgan fingerprint density at radius 2 is 2.29 bits per heavy atom. The minimum Gasteiger partial charge on any atom is -0.480 e. The second-order valence-electron chi connectivity index (χ2n) is 5.65. The van der Waals surface area contributed by atoms with Crippen LogP contribution in [0.3, 0.4) is 0 Å². The highest BCUT2D eigenvalue weighted by molar-refractivity contribution is 5.78. The van der Waals surface area contributed by atoms with Gasteiger partial charge < -0.3 is 5.11 Å². The number of nitro groups is 1. The van der Waals surface area contributed by atoms with Crippen LogP contribution in [-0.2, 0) is 4.79 Å². The van der Waals surface area contributed by atoms with Crippen molar-refractivity contribution in [1.29, 1.82) is 0 Å². The van der Waals surface area contributed by atoms with E-state index in [9.17, 15) is 20.0 Å². The molecule has 6 heteroatoms. The zero-order valence-electron chi connectivity index (χ0n) is 12.3. The van der Waals surface area contributed by atoms with Crippen LogP contribution in [0.5, 0.6) is 0 Å². The third-order valence-electron chi connectivity index (χ3n) is 4.39. The minimum atomic E-state index is -0.898. The van der Waals surface area contributed by atoms with Gasteiger partial charge in [0, 0.05) is 18.2 Å². The average molecular weight is 292 g/mol. The Bertz CT molecular complexity index is 560. The molecule has 2 rings (SSSR count). The number of carbonyl (C=O) groups is 1. The van der Waals surface area contributed by atoms with Gasteiger partial charge in [0.15, 0.2) is 0 Å². The van der Waals surface area contributed by atoms with Crippen molar-refractivity contribution in [3.05, 3.63) is 39.9 Å². The lowest BCUT2D eigenvalue weighted by atomic mass is 9.94. The van der Waals surface area contributed by atoms with E-state index in [0.29, 0.717) is 19.4 Å². The second kappa shape index (κ2) is 5.81. The second-order valence-corrected chi connectivity index (χ2v) is 5.65. The lowest BCUT2D eigenvalue weighted by molar-refractivity contribution is -0.385. The van der Waals surface area contributed by atoms with E-state index in [0.717, 1.165) is 12.0 Å². The molecule has 1 heterocycles. The number of nitrogens with zero attached hydrogens (tertiary/aromatic N) is 2. The van der Waals surface area contributed by atoms with Crippen LogP contribution in [0, 0.1) is 10.1 Å². The Morgan fingerprint density at radius 1 is 1.57 bits per heavy atom. The molecule has 1 aromatic carbocycles. The third kappa shape index (κ3) is 2.76. The van der Waals surface area contributed by atoms with Crippen molar-refractivity contribution >= 4 is 11.7 Å². The van der Waals surface area contributed by atoms with Gasteiger partial charge in [-0.05, 0) is 38.3 Å². The maximum atomic E-state index is 11.6. The Hall–Kier alpha value is -1.95. The molecule has 0 aromatic heterocycles. The van der Waals surface area contributed by atoms with Crippen molar-refractivity contribution in [2.24, 2.45) is 0 Å². The summed E-state index contributed by atoms with van der Waals surface area (Å²) in [6.07, 6.45) is 2.14. The van der Waals surface area contributed by atoms with Crippen LogP contribution < -0.4 is 0 Å². The fourth-order valence-corrected chi connectivity index (χ4v) is 3.20. The number of likely N-dealkylation sites (tertiary alicyclic amines) is 1. The molecule has 2 atom stereocenters. The maximum Gasteiger partial charge on any atom is 0.323 e. The summed E-state index contributed by atoms with van der Waals surface area (Å²) in [7, 11) is 0. The summed E-state index contributed by atoms with van der Waals surface area (Å²) in [6, 6.07) is 6.38. The lowest BCUT2D eigenvalue weighted by Crippen LogP contribution is -2.49. The number of nitro benzene ring substituents is 1. The topological polar surface area (TPSA) is 83.7 Å². The van der Waals surface area contributed by atoms with Crippen molar-refractivity contribution < 1.29 is 14.8 Å². The highest BCUT2D eigenvalue weighted by Crippen LogP contribution is 2.39. The summed E-state index contributed by atoms with van der Waals surface area (Å²) in [6.45, 7) is 4.41. The van der Waals surface area contributed by atoms with Crippen molar-refractivity contribution in [1.82, 2.24) is 4.90 Å². The molecule has 0 spiro atoms. The van der Waals surface area contributed by atoms with Gasteiger partial charge in [0.2, 0.25) is 0 Å². The molecule has 1 aliphatic rings. The van der Waals surface area contributed by atoms with Gasteiger partial charge in [-0.25, -0.2) is 0 Å². The van der Waals surface area contributed by atoms with Crippen LogP contribution in [-0.4, -0.2) is 33.0 Å². The molecule has 0 bridgehead atoms. The summed E-state index contributed by atoms with van der Waals surface area (Å²) in [5, 5.41) is 20.4. The largest absolute Gasteiger partial charge is 0.480 e. The van der Waals surface area contributed by atoms with E-state index in [1.807, 2.05) is 17.9 Å². The van der Waals surface area contributed by atoms with Gasteiger partial charge in [-0.2, -0.15) is 0 Å². The number of carboxylic acids is 1. The van der Waals surface area contributed by atoms with E-state index < -0.39 is 16.4 Å². The Labute approximate surface area is 123 Å². The first-order valence-electron chi connectivity index (χ1n) is 7.14. The summed E-state index contributed by atoms with van der Waals surface area (Å²) < 4.78 is 0. The number of carboxylic acid groups (broad SMARTS) is 1. The molecule has 1 saturated heterocycles. The molecule has 0 saturated carbocycles. The van der Waals surface area contributed by atoms with E-state index in [-0.39, 0.29) is 11.7 Å². The average Bonchev–Trinajstić information content (AvgIpc) is 2.84. The molecular weight excluding hydrogens is 272 g/mol. The molecule has 114 valence electrons. The first-order chi connectivity index (χ1) is 9.90. The van der Waals surface area contributed by atoms with Crippen molar-refractivity contribution in [2.45, 2.75) is 44.7 Å². The van der Waals surface area contributed by atoms with E-state index in [2.05, 4.69) is 0 Å². The van der Waals surface area contributed by atoms with Gasteiger partial charge in [0.25, 0.3) is 5.69 Å². The smallest absolute Gasteiger partial charge is 0.323 e. The Balaban J connectivity index is 2.38. The van der Waals surface area contributed by atoms with Gasteiger partial charge >= 0.3 is 5.97 Å². The quantitative estimate of drug-likeness (QED) is 0.666. The van der Waals surface area contributed by atoms with Crippen molar-refractivity contribution in [2.75, 3.05) is 6.54 Å². The van der Waals surface area contributed by atoms with Crippen molar-refractivity contribution in [3.63, 3.8) is 0 Å². The lowest BCUT2D eigenvalue weighted by Gasteiger charge is -2.37. The van der Waals surface area contributed by atoms with Gasteiger partial charge in [-0.1, -0.05) is 19.1 Å². The number of rotatable bonds is 5. The summed E-state index contributed by atoms with van der Waals surface area (Å²) >= 11 is 0. The van der Waals surface area contributed by atoms with E-state index in [1.54, 1.807) is 19.1 Å². The van der Waals surface area contributed by atoms with Crippen LogP contribution in [0.1, 0.15) is 44.7 Å². The molecule has 21 heavy (non-hydrogen) atoms. The third-order valence-corrected chi connectivity index (χ3v) is 4.39. The maximum absolute atomic E-state index is 11.6. The van der Waals surface area contributed by atoms with Crippen LogP contribution >= 0.6 is 0 Å². The van der Waals surface area contributed by atoms with Crippen LogP contribution in [0.4, 0.5) is 5.69 Å². The minimum absolute atomic E-state index is 0.0437. The SMILES string of the molecule is CCC(c1cccc([N+](=O)[O-])c1)N1CCCC1(C)C(=O)O. The monoisotopic (exact) mass is 292 g/mol. The van der Waals surface area contributed by atoms with Gasteiger partial charge in [-0.15, -0.1) is 0 Å². The highest BCUT2D eigenvalue weighted by Gasteiger charge is 2.46. The standard InChI is InChI=1S/C15H20N2O4/c1-3-13(11-6-4-7-12(10-11)17(20)21)16-9-5-8-15(16,2)14(18)19/h4,6-7,10,13H,3,5,8-9H2,1-2H3,(H,18,19). The van der Waals surface area contributed by atoms with Crippen LogP contribution in [0.15, 0.2) is 24.3 Å². The zero-order chi connectivity index (χ0) is 15.6. The predicted molar refractivity (Wildman–Crippen MR) is 78.1 cm³/mol. The summed E-state index contributed by atoms with van der Waals surface area (Å²) in [4.78, 5) is 24.1. The molecule has 0 radical (unpaired) electrons. The van der Waals surface area contributed by atoms with E-state index >= 15 is 0 Å². The van der Waals surface area contributed by atoms with Crippen LogP contribution in [0.2, 0.25) is 0 Å². The number of hydrogen-bond acceptors (Lipinski definition) is 4. The molecule has 1 aromatic rings. The number of benzene rings is 1. The molecule has 0 amide bonds. The van der Waals surface area contributed by atoms with E-state index in [1.165, 1.54) is 6.07 Å². The molecular formula is C15H20N2O4. The van der Waals surface area contributed by atoms with E-state index in [4.69, 9.17) is 0 Å². The fourth-order valence-electron chi connectivity index (χ4n) is 3.20. The normalized spacial score (nSPS) is 23.9. The Kier molecular flexibility index (Phi) is 4.27. The molecule has 6 nitrogen and oxygen atoms in total. The van der Waals surface area contributed by atoms with Gasteiger partial charge in [0.1, 0.15) is 5.54 Å². The summed E-state index contributed by atoms with van der Waals surface area (Å²) in [5.74, 6) is -0.830. The van der Waals surface area contributed by atoms with Crippen molar-refractivity contribution in [3.8, 4) is 0 Å². The molecule has 1 fully saturated rings. The first kappa shape index (κ1) is 15.4. The van der Waals surface area contributed by atoms with Crippen LogP contribution in [0.25, 0.3) is 0 Å². The number of hydrogen-bond donors (Lipinski definition) is 1. The fraction of sp³-hybridized carbons (Fsp3) is 0.533. The first-order valence-corrected chi connectivity index (χ1v) is 7.14. The van der Waals surface area contributed by atoms with Gasteiger partial charge in [0.05, 0.1) is 4.92 Å². The Morgan fingerprint density at radius 3 is 2.86 bits per heavy atom. The summed E-state index contributed by atoms with van der Waals surface area (Å²) in [5.41, 5.74) is -0.0473. The molecule has 0 aliphatic carbocycles.